The van der Waals surface area contributed by atoms with E-state index in [2.05, 4.69) is 15.2 Å². The number of nitrogens with zero attached hydrogens (tertiary/aromatic N) is 2. The predicted molar refractivity (Wildman–Crippen MR) is 69.4 cm³/mol. The highest BCUT2D eigenvalue weighted by Crippen LogP contribution is 2.16. The molecule has 0 aromatic heterocycles. The lowest BCUT2D eigenvalue weighted by Crippen LogP contribution is -2.40. The van der Waals surface area contributed by atoms with E-state index in [-0.39, 0.29) is 17.7 Å². The zero-order valence-electron chi connectivity index (χ0n) is 10.7. The Labute approximate surface area is 106 Å². The SMILES string of the molecule is CC(CNC1=NCCN1C)Oc1ccccc1F. The van der Waals surface area contributed by atoms with Crippen molar-refractivity contribution < 1.29 is 9.13 Å². The molecule has 1 N–H and O–H groups in total. The minimum absolute atomic E-state index is 0.126. The Bertz CT molecular complexity index is 436. The van der Waals surface area contributed by atoms with Crippen molar-refractivity contribution in [3.63, 3.8) is 0 Å². The van der Waals surface area contributed by atoms with Gasteiger partial charge >= 0.3 is 0 Å². The van der Waals surface area contributed by atoms with Gasteiger partial charge in [-0.05, 0) is 19.1 Å². The van der Waals surface area contributed by atoms with Gasteiger partial charge in [0.2, 0.25) is 0 Å². The quantitative estimate of drug-likeness (QED) is 0.880. The first-order valence-corrected chi connectivity index (χ1v) is 6.07. The van der Waals surface area contributed by atoms with Crippen LogP contribution in [0, 0.1) is 5.82 Å². The van der Waals surface area contributed by atoms with Crippen LogP contribution in [0.1, 0.15) is 6.92 Å². The summed E-state index contributed by atoms with van der Waals surface area (Å²) in [6.45, 7) is 4.25. The van der Waals surface area contributed by atoms with Gasteiger partial charge in [-0.2, -0.15) is 0 Å². The lowest BCUT2D eigenvalue weighted by Gasteiger charge is -2.19. The van der Waals surface area contributed by atoms with Crippen molar-refractivity contribution in [1.29, 1.82) is 0 Å². The molecule has 4 nitrogen and oxygen atoms in total. The van der Waals surface area contributed by atoms with E-state index in [9.17, 15) is 4.39 Å². The molecule has 98 valence electrons. The number of nitrogens with one attached hydrogen (secondary N) is 1. The lowest BCUT2D eigenvalue weighted by atomic mass is 10.3. The molecule has 1 aromatic carbocycles. The van der Waals surface area contributed by atoms with Crippen LogP contribution in [0.5, 0.6) is 5.75 Å². The summed E-state index contributed by atoms with van der Waals surface area (Å²) in [6.07, 6.45) is -0.126. The van der Waals surface area contributed by atoms with E-state index in [0.717, 1.165) is 19.0 Å². The molecular weight excluding hydrogens is 233 g/mol. The molecule has 5 heteroatoms. The molecule has 18 heavy (non-hydrogen) atoms. The summed E-state index contributed by atoms with van der Waals surface area (Å²) < 4.78 is 18.9. The van der Waals surface area contributed by atoms with Crippen molar-refractivity contribution in [3.05, 3.63) is 30.1 Å². The molecular formula is C13H18FN3O. The molecule has 1 aliphatic heterocycles. The zero-order valence-corrected chi connectivity index (χ0v) is 10.7. The molecule has 0 bridgehead atoms. The van der Waals surface area contributed by atoms with E-state index in [1.54, 1.807) is 18.2 Å². The number of ether oxygens (including phenoxy) is 1. The molecule has 0 radical (unpaired) electrons. The number of para-hydroxylation sites is 1. The van der Waals surface area contributed by atoms with Crippen LogP contribution < -0.4 is 10.1 Å². The van der Waals surface area contributed by atoms with E-state index >= 15 is 0 Å². The normalized spacial score (nSPS) is 16.4. The van der Waals surface area contributed by atoms with Crippen LogP contribution in [-0.4, -0.2) is 43.6 Å². The van der Waals surface area contributed by atoms with Gasteiger partial charge in [-0.3, -0.25) is 4.99 Å². The van der Waals surface area contributed by atoms with E-state index in [1.807, 2.05) is 14.0 Å². The number of likely N-dealkylation sites (N-methyl/N-ethyl adjacent to an activating group) is 1. The van der Waals surface area contributed by atoms with Gasteiger partial charge < -0.3 is 15.0 Å². The van der Waals surface area contributed by atoms with Crippen LogP contribution in [0.15, 0.2) is 29.3 Å². The van der Waals surface area contributed by atoms with E-state index in [0.29, 0.717) is 6.54 Å². The van der Waals surface area contributed by atoms with Crippen LogP contribution in [0.25, 0.3) is 0 Å². The van der Waals surface area contributed by atoms with Crippen molar-refractivity contribution in [2.75, 3.05) is 26.7 Å². The van der Waals surface area contributed by atoms with Crippen LogP contribution >= 0.6 is 0 Å². The van der Waals surface area contributed by atoms with Crippen LogP contribution in [0.2, 0.25) is 0 Å². The Morgan fingerprint density at radius 1 is 1.50 bits per heavy atom. The zero-order chi connectivity index (χ0) is 13.0. The average Bonchev–Trinajstić information content (AvgIpc) is 2.75. The number of halogens is 1. The standard InChI is InChI=1S/C13H18FN3O/c1-10(9-16-13-15-7-8-17(13)2)18-12-6-4-3-5-11(12)14/h3-6,10H,7-9H2,1-2H3,(H,15,16). The van der Waals surface area contributed by atoms with E-state index < -0.39 is 0 Å². The second-order valence-electron chi connectivity index (χ2n) is 4.37. The van der Waals surface area contributed by atoms with Crippen LogP contribution in [0.4, 0.5) is 4.39 Å². The number of aliphatic imine (C=N–C) groups is 1. The number of hydrogen-bond acceptors (Lipinski definition) is 4. The Kier molecular flexibility index (Phi) is 4.02. The summed E-state index contributed by atoms with van der Waals surface area (Å²) in [5.74, 6) is 0.826. The Morgan fingerprint density at radius 2 is 2.28 bits per heavy atom. The first-order chi connectivity index (χ1) is 8.66. The second-order valence-corrected chi connectivity index (χ2v) is 4.37. The van der Waals surface area contributed by atoms with Crippen molar-refractivity contribution in [2.45, 2.75) is 13.0 Å². The third-order valence-electron chi connectivity index (χ3n) is 2.77. The Balaban J connectivity index is 1.82. The monoisotopic (exact) mass is 251 g/mol. The maximum Gasteiger partial charge on any atom is 0.193 e. The second kappa shape index (κ2) is 5.71. The van der Waals surface area contributed by atoms with Crippen LogP contribution in [-0.2, 0) is 0 Å². The van der Waals surface area contributed by atoms with Gasteiger partial charge in [0.05, 0.1) is 13.1 Å². The van der Waals surface area contributed by atoms with E-state index in [1.165, 1.54) is 6.07 Å². The summed E-state index contributed by atoms with van der Waals surface area (Å²) in [4.78, 5) is 6.37. The summed E-state index contributed by atoms with van der Waals surface area (Å²) in [6, 6.07) is 6.43. The molecule has 1 heterocycles. The van der Waals surface area contributed by atoms with Gasteiger partial charge in [-0.15, -0.1) is 0 Å². The fourth-order valence-corrected chi connectivity index (χ4v) is 1.76. The molecule has 1 aliphatic rings. The van der Waals surface area contributed by atoms with Crippen molar-refractivity contribution in [3.8, 4) is 5.75 Å². The van der Waals surface area contributed by atoms with Gasteiger partial charge in [0.1, 0.15) is 6.10 Å². The molecule has 0 saturated heterocycles. The molecule has 0 amide bonds. The average molecular weight is 251 g/mol. The minimum Gasteiger partial charge on any atom is -0.486 e. The number of rotatable bonds is 4. The third kappa shape index (κ3) is 3.12. The molecule has 1 unspecified atom stereocenters. The minimum atomic E-state index is -0.334. The molecule has 0 aliphatic carbocycles. The van der Waals surface area contributed by atoms with Gasteiger partial charge in [0.25, 0.3) is 0 Å². The fraction of sp³-hybridized carbons (Fsp3) is 0.462. The number of guanidine groups is 1. The van der Waals surface area contributed by atoms with Gasteiger partial charge in [-0.1, -0.05) is 12.1 Å². The van der Waals surface area contributed by atoms with Crippen molar-refractivity contribution in [1.82, 2.24) is 10.2 Å². The number of benzene rings is 1. The summed E-state index contributed by atoms with van der Waals surface area (Å²) in [5, 5.41) is 3.20. The van der Waals surface area contributed by atoms with E-state index in [4.69, 9.17) is 4.74 Å². The number of hydrogen-bond donors (Lipinski definition) is 1. The highest BCUT2D eigenvalue weighted by atomic mass is 19.1. The molecule has 1 atom stereocenters. The Morgan fingerprint density at radius 3 is 2.94 bits per heavy atom. The molecule has 0 saturated carbocycles. The maximum atomic E-state index is 13.4. The predicted octanol–water partition coefficient (Wildman–Crippen LogP) is 1.48. The van der Waals surface area contributed by atoms with Gasteiger partial charge in [-0.25, -0.2) is 4.39 Å². The summed E-state index contributed by atoms with van der Waals surface area (Å²) >= 11 is 0. The smallest absolute Gasteiger partial charge is 0.193 e. The van der Waals surface area contributed by atoms with Crippen molar-refractivity contribution >= 4 is 5.96 Å². The lowest BCUT2D eigenvalue weighted by molar-refractivity contribution is 0.213. The van der Waals surface area contributed by atoms with Crippen LogP contribution in [0.3, 0.4) is 0 Å². The topological polar surface area (TPSA) is 36.9 Å². The Hall–Kier alpha value is -1.78. The molecule has 1 aromatic rings. The largest absolute Gasteiger partial charge is 0.486 e. The first-order valence-electron chi connectivity index (χ1n) is 6.07. The molecule has 0 spiro atoms. The maximum absolute atomic E-state index is 13.4. The highest BCUT2D eigenvalue weighted by molar-refractivity contribution is 5.81. The van der Waals surface area contributed by atoms with Gasteiger partial charge in [0, 0.05) is 13.6 Å². The molecule has 2 rings (SSSR count). The van der Waals surface area contributed by atoms with Gasteiger partial charge in [0.15, 0.2) is 17.5 Å². The first kappa shape index (κ1) is 12.7. The summed E-state index contributed by atoms with van der Waals surface area (Å²) in [7, 11) is 1.99. The van der Waals surface area contributed by atoms with Crippen molar-refractivity contribution in [2.24, 2.45) is 4.99 Å². The highest BCUT2D eigenvalue weighted by Gasteiger charge is 2.14. The molecule has 0 fully saturated rings. The fourth-order valence-electron chi connectivity index (χ4n) is 1.76. The summed E-state index contributed by atoms with van der Waals surface area (Å²) in [5.41, 5.74) is 0. The third-order valence-corrected chi connectivity index (χ3v) is 2.77.